The molecule has 6 aromatic heterocycles. The number of nitrogens with zero attached hydrogens (tertiary/aromatic N) is 12. The first kappa shape index (κ1) is 86.5. The minimum absolute atomic E-state index is 0.0671. The van der Waals surface area contributed by atoms with Crippen LogP contribution in [0.3, 0.4) is 0 Å². The summed E-state index contributed by atoms with van der Waals surface area (Å²) in [4.78, 5) is 0. The molecule has 0 fully saturated rings. The Kier molecular flexibility index (Phi) is 24.0. The van der Waals surface area contributed by atoms with Crippen LogP contribution in [0.1, 0.15) is 155 Å². The molecule has 0 saturated heterocycles. The van der Waals surface area contributed by atoms with Crippen molar-refractivity contribution in [1.29, 1.82) is 0 Å². The molecule has 2 unspecified atom stereocenters. The monoisotopic (exact) mass is 1720 g/mol. The highest BCUT2D eigenvalue weighted by Gasteiger charge is 2.27. The van der Waals surface area contributed by atoms with Gasteiger partial charge in [-0.15, -0.1) is 30.6 Å². The van der Waals surface area contributed by atoms with E-state index in [0.29, 0.717) is 23.7 Å². The van der Waals surface area contributed by atoms with Gasteiger partial charge in [0, 0.05) is 99.8 Å². The van der Waals surface area contributed by atoms with Gasteiger partial charge >= 0.3 is 0 Å². The molecule has 6 heterocycles. The lowest BCUT2D eigenvalue weighted by atomic mass is 9.85. The molecule has 15 aromatic carbocycles. The molecular formula is C120H114N12. The van der Waals surface area contributed by atoms with Crippen molar-refractivity contribution in [2.45, 2.75) is 145 Å². The maximum absolute atomic E-state index is 4.66. The van der Waals surface area contributed by atoms with E-state index in [4.69, 9.17) is 0 Å². The molecule has 0 radical (unpaired) electrons. The highest BCUT2D eigenvalue weighted by molar-refractivity contribution is 6.12. The van der Waals surface area contributed by atoms with Gasteiger partial charge in [0.25, 0.3) is 0 Å². The zero-order valence-electron chi connectivity index (χ0n) is 78.1. The van der Waals surface area contributed by atoms with Crippen molar-refractivity contribution in [3.05, 3.63) is 397 Å². The van der Waals surface area contributed by atoms with E-state index in [0.717, 1.165) is 128 Å². The number of fused-ring (bicyclic) bond motifs is 9. The van der Waals surface area contributed by atoms with Crippen LogP contribution in [0.5, 0.6) is 0 Å². The van der Waals surface area contributed by atoms with Gasteiger partial charge in [0.15, 0.2) is 34.9 Å². The van der Waals surface area contributed by atoms with E-state index >= 15 is 0 Å². The molecule has 21 rings (SSSR count). The molecule has 0 bridgehead atoms. The summed E-state index contributed by atoms with van der Waals surface area (Å²) in [7, 11) is 0. The Morgan fingerprint density at radius 3 is 0.644 bits per heavy atom. The van der Waals surface area contributed by atoms with Crippen LogP contribution in [-0.4, -0.2) is 58.0 Å². The van der Waals surface area contributed by atoms with E-state index in [-0.39, 0.29) is 10.8 Å². The van der Waals surface area contributed by atoms with Crippen molar-refractivity contribution in [1.82, 2.24) is 58.0 Å². The van der Waals surface area contributed by atoms with Crippen molar-refractivity contribution in [3.63, 3.8) is 0 Å². The maximum Gasteiger partial charge on any atom is 0.168 e. The third-order valence-electron chi connectivity index (χ3n) is 26.1. The van der Waals surface area contributed by atoms with E-state index in [1.165, 1.54) is 98.8 Å². The number of rotatable bonds is 20. The largest absolute Gasteiger partial charge is 0.309 e. The number of hydrogen-bond donors (Lipinski definition) is 0. The summed E-state index contributed by atoms with van der Waals surface area (Å²) in [6, 6.07) is 130. The molecule has 12 nitrogen and oxygen atoms in total. The van der Waals surface area contributed by atoms with Crippen LogP contribution in [0.15, 0.2) is 364 Å². The molecular weight excluding hydrogens is 1610 g/mol. The smallest absolute Gasteiger partial charge is 0.168 e. The van der Waals surface area contributed by atoms with Crippen molar-refractivity contribution in [3.8, 4) is 102 Å². The first-order valence-electron chi connectivity index (χ1n) is 46.9. The van der Waals surface area contributed by atoms with Crippen LogP contribution in [0.4, 0.5) is 0 Å². The first-order valence-corrected chi connectivity index (χ1v) is 46.9. The van der Waals surface area contributed by atoms with E-state index in [1.807, 2.05) is 109 Å². The highest BCUT2D eigenvalue weighted by atomic mass is 15.3. The zero-order valence-corrected chi connectivity index (χ0v) is 78.1. The van der Waals surface area contributed by atoms with Gasteiger partial charge < -0.3 is 13.7 Å². The lowest BCUT2D eigenvalue weighted by Crippen LogP contribution is -2.10. The van der Waals surface area contributed by atoms with Crippen LogP contribution < -0.4 is 0 Å². The molecule has 132 heavy (non-hydrogen) atoms. The van der Waals surface area contributed by atoms with E-state index in [1.54, 1.807) is 0 Å². The number of benzene rings is 15. The van der Waals surface area contributed by atoms with Gasteiger partial charge in [-0.05, 0) is 239 Å². The van der Waals surface area contributed by atoms with E-state index < -0.39 is 0 Å². The lowest BCUT2D eigenvalue weighted by molar-refractivity contribution is 0.590. The Hall–Kier alpha value is -14.9. The minimum Gasteiger partial charge on any atom is -0.309 e. The van der Waals surface area contributed by atoms with Gasteiger partial charge in [-0.2, -0.15) is 0 Å². The third-order valence-corrected chi connectivity index (χ3v) is 26.1. The SMILES string of the molecule is CC(C)(C)c1ccc2c(c1)c1cc(C(C)(C)C)ccc1n2-c1ccc(-n2c(-c3ccccc3)nnc2-c2ccccc2)cc1.CC(C)Cc1ccc2c(c1)c1cc(CC(C)C)ccc1n2-c1ccc(-n2c(-c3ccccc3)nnc2-c2ccccc2)cc1.CCC(C)c1ccc2c(c1)c1cc(C(C)CC)ccc1n2-c1ccc(-n2c(-c3ccccc3)nnc2-c2ccccc2)cc1. The quantitative estimate of drug-likeness (QED) is 0.0752. The average molecular weight is 1720 g/mol. The minimum atomic E-state index is 0.0671. The fraction of sp³-hybridized carbons (Fsp3) is 0.200. The lowest BCUT2D eigenvalue weighted by Gasteiger charge is -2.19. The summed E-state index contributed by atoms with van der Waals surface area (Å²) in [6.07, 6.45) is 4.41. The fourth-order valence-corrected chi connectivity index (χ4v) is 18.7. The van der Waals surface area contributed by atoms with Crippen molar-refractivity contribution in [2.24, 2.45) is 11.8 Å². The third kappa shape index (κ3) is 17.1. The molecule has 0 saturated carbocycles. The molecule has 21 aromatic rings. The van der Waals surface area contributed by atoms with Gasteiger partial charge in [-0.3, -0.25) is 13.7 Å². The summed E-state index contributed by atoms with van der Waals surface area (Å²) in [5, 5.41) is 35.8. The molecule has 0 amide bonds. The van der Waals surface area contributed by atoms with Crippen molar-refractivity contribution in [2.75, 3.05) is 0 Å². The second kappa shape index (κ2) is 36.6. The van der Waals surface area contributed by atoms with Gasteiger partial charge in [0.2, 0.25) is 0 Å². The standard InChI is InChI=1S/3C40H38N4/c1-39(2,3)29-17-23-35-33(25-29)34-26-30(40(4,5)6)18-24-36(34)43(35)31-19-21-32(22-20-31)44-37(27-13-9-7-10-14-27)41-42-38(44)28-15-11-8-12-16-28;1-27(2)23-29-15-21-37-35(25-29)36-26-30(24-28(3)4)16-22-38(36)43(37)33-17-19-34(20-18-33)44-39(31-11-7-5-8-12-31)41-42-40(44)32-13-9-6-10-14-32;1-5-27(3)31-17-23-37-35(25-31)36-26-32(28(4)6-2)18-24-38(36)43(37)33-19-21-34(22-20-33)44-39(29-13-9-7-10-14-29)41-42-40(44)30-15-11-8-12-16-30/h7-26H,1-6H3;5-22,25-28H,23-24H2,1-4H3;7-28H,5-6H2,1-4H3. The molecule has 2 atom stereocenters. The van der Waals surface area contributed by atoms with E-state index in [9.17, 15) is 0 Å². The summed E-state index contributed by atoms with van der Waals surface area (Å²) in [6.45, 7) is 32.0. The van der Waals surface area contributed by atoms with Crippen molar-refractivity contribution >= 4 is 65.4 Å². The molecule has 12 heteroatoms. The average Bonchev–Trinajstić information content (AvgIpc) is 1.60. The molecule has 0 aliphatic carbocycles. The molecule has 0 aliphatic rings. The Morgan fingerprint density at radius 2 is 0.424 bits per heavy atom. The highest BCUT2D eigenvalue weighted by Crippen LogP contribution is 2.43. The second-order valence-electron chi connectivity index (χ2n) is 38.3. The first-order chi connectivity index (χ1) is 64.1. The second-order valence-corrected chi connectivity index (χ2v) is 38.3. The topological polar surface area (TPSA) is 107 Å². The summed E-state index contributed by atoms with van der Waals surface area (Å²) in [5.74, 6) is 7.21. The van der Waals surface area contributed by atoms with Gasteiger partial charge in [-0.25, -0.2) is 0 Å². The summed E-state index contributed by atoms with van der Waals surface area (Å²) >= 11 is 0. The molecule has 0 N–H and O–H groups in total. The van der Waals surface area contributed by atoms with Crippen LogP contribution in [0.2, 0.25) is 0 Å². The van der Waals surface area contributed by atoms with Crippen molar-refractivity contribution < 1.29 is 0 Å². The van der Waals surface area contributed by atoms with Crippen LogP contribution in [0.25, 0.3) is 168 Å². The van der Waals surface area contributed by atoms with Crippen LogP contribution in [-0.2, 0) is 23.7 Å². The van der Waals surface area contributed by atoms with Gasteiger partial charge in [0.05, 0.1) is 33.1 Å². The molecule has 654 valence electrons. The maximum atomic E-state index is 4.66. The molecule has 0 spiro atoms. The van der Waals surface area contributed by atoms with Crippen LogP contribution in [0, 0.1) is 11.8 Å². The van der Waals surface area contributed by atoms with E-state index in [2.05, 4.69) is 410 Å². The van der Waals surface area contributed by atoms with Gasteiger partial charge in [-0.1, -0.05) is 315 Å². The number of hydrogen-bond acceptors (Lipinski definition) is 6. The summed E-state index contributed by atoms with van der Waals surface area (Å²) in [5.41, 5.74) is 28.4. The zero-order chi connectivity index (χ0) is 91.1. The Labute approximate surface area is 775 Å². The summed E-state index contributed by atoms with van der Waals surface area (Å²) < 4.78 is 13.7. The molecule has 0 aliphatic heterocycles. The predicted molar refractivity (Wildman–Crippen MR) is 552 cm³/mol. The fourth-order valence-electron chi connectivity index (χ4n) is 18.7. The Bertz CT molecular complexity index is 7270. The normalized spacial score (nSPS) is 12.4. The van der Waals surface area contributed by atoms with Crippen LogP contribution >= 0.6 is 0 Å². The van der Waals surface area contributed by atoms with Gasteiger partial charge in [0.1, 0.15) is 0 Å². The predicted octanol–water partition coefficient (Wildman–Crippen LogP) is 31.1. The Morgan fingerprint density at radius 1 is 0.220 bits per heavy atom. The number of aromatic nitrogens is 12. The Balaban J connectivity index is 0.000000128.